The fraction of sp³-hybridized carbons (Fsp3) is 0.176. The van der Waals surface area contributed by atoms with Crippen LogP contribution in [0.15, 0.2) is 42.5 Å². The van der Waals surface area contributed by atoms with Crippen molar-refractivity contribution in [2.75, 3.05) is 6.79 Å². The van der Waals surface area contributed by atoms with Crippen LogP contribution in [0.25, 0.3) is 0 Å². The number of esters is 1. The van der Waals surface area contributed by atoms with E-state index in [1.807, 2.05) is 0 Å². The average Bonchev–Trinajstić information content (AvgIpc) is 3.19. The number of ketones is 1. The van der Waals surface area contributed by atoms with E-state index in [2.05, 4.69) is 0 Å². The van der Waals surface area contributed by atoms with Crippen LogP contribution in [-0.2, 0) is 14.3 Å². The molecule has 2 unspecified atom stereocenters. The van der Waals surface area contributed by atoms with Crippen molar-refractivity contribution in [2.24, 2.45) is 0 Å². The summed E-state index contributed by atoms with van der Waals surface area (Å²) in [5, 5.41) is 10.8. The molecular formula is C17H11NO7. The van der Waals surface area contributed by atoms with Gasteiger partial charge in [0.05, 0.1) is 10.8 Å². The number of nitrogens with zero attached hydrogens (tertiary/aromatic N) is 1. The highest BCUT2D eigenvalue weighted by atomic mass is 16.7. The van der Waals surface area contributed by atoms with Crippen LogP contribution in [0.5, 0.6) is 11.5 Å². The van der Waals surface area contributed by atoms with Gasteiger partial charge >= 0.3 is 5.97 Å². The summed E-state index contributed by atoms with van der Waals surface area (Å²) in [6.45, 7) is 0.0958. The number of rotatable bonds is 3. The van der Waals surface area contributed by atoms with Crippen molar-refractivity contribution in [2.45, 2.75) is 12.0 Å². The topological polar surface area (TPSA) is 105 Å². The monoisotopic (exact) mass is 341 g/mol. The number of carbonyl (C=O) groups is 2. The Balaban J connectivity index is 1.72. The summed E-state index contributed by atoms with van der Waals surface area (Å²) in [6.07, 6.45) is -0.846. The molecule has 0 N–H and O–H groups in total. The maximum absolute atomic E-state index is 12.3. The molecule has 0 saturated carbocycles. The first-order valence-electron chi connectivity index (χ1n) is 7.43. The second kappa shape index (κ2) is 5.59. The molecule has 2 aromatic carbocycles. The van der Waals surface area contributed by atoms with Gasteiger partial charge in [0.25, 0.3) is 11.5 Å². The van der Waals surface area contributed by atoms with Crippen molar-refractivity contribution in [1.82, 2.24) is 0 Å². The summed E-state index contributed by atoms with van der Waals surface area (Å²) < 4.78 is 15.8. The maximum Gasteiger partial charge on any atom is 0.376 e. The molecule has 2 heterocycles. The van der Waals surface area contributed by atoms with E-state index in [1.165, 1.54) is 24.3 Å². The van der Waals surface area contributed by atoms with Crippen LogP contribution in [0, 0.1) is 10.1 Å². The van der Waals surface area contributed by atoms with Crippen molar-refractivity contribution in [3.63, 3.8) is 0 Å². The van der Waals surface area contributed by atoms with Crippen molar-refractivity contribution in [3.05, 3.63) is 63.7 Å². The molecule has 0 amide bonds. The molecule has 1 saturated heterocycles. The molecule has 0 aromatic heterocycles. The lowest BCUT2D eigenvalue weighted by Crippen LogP contribution is -2.14. The number of Topliss-reactive ketones (excluding diaryl/α,β-unsaturated/α-hetero) is 1. The van der Waals surface area contributed by atoms with Gasteiger partial charge in [0.1, 0.15) is 6.10 Å². The summed E-state index contributed by atoms with van der Waals surface area (Å²) in [5.41, 5.74) is 0.981. The zero-order chi connectivity index (χ0) is 17.6. The second-order valence-electron chi connectivity index (χ2n) is 5.63. The Labute approximate surface area is 141 Å². The highest BCUT2D eigenvalue weighted by molar-refractivity contribution is 6.37. The van der Waals surface area contributed by atoms with E-state index in [0.29, 0.717) is 22.6 Å². The highest BCUT2D eigenvalue weighted by Gasteiger charge is 2.45. The molecule has 8 nitrogen and oxygen atoms in total. The van der Waals surface area contributed by atoms with Crippen molar-refractivity contribution in [3.8, 4) is 11.5 Å². The maximum atomic E-state index is 12.3. The van der Waals surface area contributed by atoms with Crippen LogP contribution in [0.3, 0.4) is 0 Å². The fourth-order valence-corrected chi connectivity index (χ4v) is 2.98. The quantitative estimate of drug-likeness (QED) is 0.365. The summed E-state index contributed by atoms with van der Waals surface area (Å²) in [5.74, 6) is -1.38. The third-order valence-electron chi connectivity index (χ3n) is 4.21. The smallest absolute Gasteiger partial charge is 0.376 e. The van der Waals surface area contributed by atoms with Gasteiger partial charge in [0, 0.05) is 12.1 Å². The fourth-order valence-electron chi connectivity index (χ4n) is 2.98. The van der Waals surface area contributed by atoms with E-state index in [1.54, 1.807) is 18.2 Å². The minimum absolute atomic E-state index is 0.0842. The van der Waals surface area contributed by atoms with Gasteiger partial charge in [-0.2, -0.15) is 0 Å². The van der Waals surface area contributed by atoms with Crippen molar-refractivity contribution in [1.29, 1.82) is 0 Å². The minimum Gasteiger partial charge on any atom is -0.454 e. The lowest BCUT2D eigenvalue weighted by Gasteiger charge is -2.17. The van der Waals surface area contributed by atoms with Crippen molar-refractivity contribution < 1.29 is 28.7 Å². The first-order chi connectivity index (χ1) is 12.0. The SMILES string of the molecule is O=C1OC(c2ccc([N+](=O)[O-])cc2)C(c2ccc3c(c2)OCO3)C1=O. The number of nitro groups is 1. The van der Waals surface area contributed by atoms with Gasteiger partial charge in [0.2, 0.25) is 6.79 Å². The molecule has 0 bridgehead atoms. The molecule has 0 spiro atoms. The number of hydrogen-bond acceptors (Lipinski definition) is 7. The van der Waals surface area contributed by atoms with E-state index >= 15 is 0 Å². The van der Waals surface area contributed by atoms with Gasteiger partial charge in [-0.15, -0.1) is 0 Å². The highest BCUT2D eigenvalue weighted by Crippen LogP contribution is 2.43. The Hall–Kier alpha value is -3.42. The van der Waals surface area contributed by atoms with Crippen LogP contribution in [-0.4, -0.2) is 23.5 Å². The number of carbonyl (C=O) groups excluding carboxylic acids is 2. The molecule has 2 aliphatic heterocycles. The normalized spacial score (nSPS) is 21.3. The molecular weight excluding hydrogens is 330 g/mol. The Kier molecular flexibility index (Phi) is 3.38. The average molecular weight is 341 g/mol. The number of cyclic esters (lactones) is 1. The Morgan fingerprint density at radius 3 is 2.36 bits per heavy atom. The number of fused-ring (bicyclic) bond motifs is 1. The van der Waals surface area contributed by atoms with E-state index in [-0.39, 0.29) is 12.5 Å². The zero-order valence-electron chi connectivity index (χ0n) is 12.7. The van der Waals surface area contributed by atoms with E-state index < -0.39 is 28.7 Å². The van der Waals surface area contributed by atoms with Crippen LogP contribution >= 0.6 is 0 Å². The lowest BCUT2D eigenvalue weighted by molar-refractivity contribution is -0.384. The number of hydrogen-bond donors (Lipinski definition) is 0. The van der Waals surface area contributed by atoms with E-state index in [4.69, 9.17) is 14.2 Å². The first-order valence-corrected chi connectivity index (χ1v) is 7.43. The lowest BCUT2D eigenvalue weighted by atomic mass is 9.87. The standard InChI is InChI=1S/C17H11NO7/c19-15-14(10-3-6-12-13(7-10)24-8-23-12)16(25-17(15)20)9-1-4-11(5-2-9)18(21)22/h1-7,14,16H,8H2. The zero-order valence-corrected chi connectivity index (χ0v) is 12.7. The summed E-state index contributed by atoms with van der Waals surface area (Å²) in [7, 11) is 0. The molecule has 2 aliphatic rings. The van der Waals surface area contributed by atoms with Gasteiger partial charge in [0.15, 0.2) is 11.5 Å². The second-order valence-corrected chi connectivity index (χ2v) is 5.63. The van der Waals surface area contributed by atoms with Crippen LogP contribution in [0.4, 0.5) is 5.69 Å². The molecule has 0 aliphatic carbocycles. The van der Waals surface area contributed by atoms with Crippen LogP contribution in [0.1, 0.15) is 23.1 Å². The predicted molar refractivity (Wildman–Crippen MR) is 82.2 cm³/mol. The predicted octanol–water partition coefficient (Wildman–Crippen LogP) is 2.27. The van der Waals surface area contributed by atoms with Gasteiger partial charge in [-0.1, -0.05) is 6.07 Å². The first kappa shape index (κ1) is 15.1. The summed E-state index contributed by atoms with van der Waals surface area (Å²) in [4.78, 5) is 34.4. The molecule has 25 heavy (non-hydrogen) atoms. The van der Waals surface area contributed by atoms with E-state index in [0.717, 1.165) is 0 Å². The van der Waals surface area contributed by atoms with Gasteiger partial charge in [-0.05, 0) is 35.4 Å². The molecule has 2 atom stereocenters. The van der Waals surface area contributed by atoms with Gasteiger partial charge in [-0.25, -0.2) is 4.79 Å². The van der Waals surface area contributed by atoms with Gasteiger partial charge < -0.3 is 14.2 Å². The van der Waals surface area contributed by atoms with Crippen LogP contribution in [0.2, 0.25) is 0 Å². The Morgan fingerprint density at radius 2 is 1.64 bits per heavy atom. The van der Waals surface area contributed by atoms with Crippen molar-refractivity contribution >= 4 is 17.4 Å². The molecule has 4 rings (SSSR count). The minimum atomic E-state index is -0.925. The van der Waals surface area contributed by atoms with Gasteiger partial charge in [-0.3, -0.25) is 14.9 Å². The van der Waals surface area contributed by atoms with Crippen LogP contribution < -0.4 is 9.47 Å². The summed E-state index contributed by atoms with van der Waals surface area (Å²) >= 11 is 0. The number of ether oxygens (including phenoxy) is 3. The summed E-state index contributed by atoms with van der Waals surface area (Å²) in [6, 6.07) is 10.6. The largest absolute Gasteiger partial charge is 0.454 e. The number of nitro benzene ring substituents is 1. The number of benzene rings is 2. The third-order valence-corrected chi connectivity index (χ3v) is 4.21. The van der Waals surface area contributed by atoms with E-state index in [9.17, 15) is 19.7 Å². The number of non-ortho nitro benzene ring substituents is 1. The molecule has 126 valence electrons. The molecule has 8 heteroatoms. The Bertz CT molecular complexity index is 890. The Morgan fingerprint density at radius 1 is 0.960 bits per heavy atom. The molecule has 1 fully saturated rings. The molecule has 0 radical (unpaired) electrons. The third kappa shape index (κ3) is 2.47. The molecule has 2 aromatic rings.